The number of amides is 1. The molecule has 4 nitrogen and oxygen atoms in total. The van der Waals surface area contributed by atoms with E-state index < -0.39 is 5.97 Å². The van der Waals surface area contributed by atoms with E-state index in [9.17, 15) is 9.59 Å². The highest BCUT2D eigenvalue weighted by molar-refractivity contribution is 5.95. The molecule has 30 heavy (non-hydrogen) atoms. The zero-order valence-electron chi connectivity index (χ0n) is 19.5. The van der Waals surface area contributed by atoms with Crippen LogP contribution in [0.4, 0.5) is 0 Å². The smallest absolute Gasteiger partial charge is 0.339 e. The lowest BCUT2D eigenvalue weighted by atomic mass is 9.48. The number of ether oxygens (including phenoxy) is 1. The lowest BCUT2D eigenvalue weighted by molar-refractivity contribution is -0.128. The summed E-state index contributed by atoms with van der Waals surface area (Å²) in [4.78, 5) is 25.5. The topological polar surface area (TPSA) is 55.4 Å². The van der Waals surface area contributed by atoms with Gasteiger partial charge in [0.15, 0.2) is 6.61 Å². The Morgan fingerprint density at radius 2 is 1.30 bits per heavy atom. The van der Waals surface area contributed by atoms with Crippen LogP contribution in [-0.2, 0) is 9.53 Å². The molecule has 0 spiro atoms. The number of rotatable bonds is 5. The normalized spacial score (nSPS) is 30.3. The van der Waals surface area contributed by atoms with Gasteiger partial charge in [0.2, 0.25) is 0 Å². The quantitative estimate of drug-likeness (QED) is 0.685. The molecule has 0 aromatic heterocycles. The molecule has 0 radical (unpaired) electrons. The largest absolute Gasteiger partial charge is 0.452 e. The number of esters is 1. The summed E-state index contributed by atoms with van der Waals surface area (Å²) >= 11 is 0. The Bertz CT molecular complexity index is 820. The molecule has 164 valence electrons. The molecule has 1 amide bonds. The zero-order valence-corrected chi connectivity index (χ0v) is 19.5. The average molecular weight is 412 g/mol. The monoisotopic (exact) mass is 411 g/mol. The van der Waals surface area contributed by atoms with Crippen molar-refractivity contribution in [2.75, 3.05) is 6.61 Å². The molecule has 1 N–H and O–H groups in total. The molecule has 5 rings (SSSR count). The number of hydrogen-bond donors (Lipinski definition) is 1. The summed E-state index contributed by atoms with van der Waals surface area (Å²) in [6.07, 6.45) is 7.93. The summed E-state index contributed by atoms with van der Waals surface area (Å²) < 4.78 is 5.47. The minimum atomic E-state index is -0.395. The standard InChI is InChI=1S/C26H37NO3/c1-14-15(2)17(4)24(18(5)16(14)3)25(29)30-13-23(28)27-19(6)26-10-20-7-21(11-26)9-22(8-20)12-26/h19-22H,7-13H2,1-6H3,(H,27,28)/t19-,20?,21?,22?,26?/m1/s1. The molecule has 1 aromatic carbocycles. The molecule has 4 saturated carbocycles. The van der Waals surface area contributed by atoms with E-state index in [0.29, 0.717) is 5.56 Å². The van der Waals surface area contributed by atoms with Gasteiger partial charge in [-0.25, -0.2) is 4.79 Å². The van der Waals surface area contributed by atoms with Gasteiger partial charge in [0.25, 0.3) is 5.91 Å². The Morgan fingerprint density at radius 1 is 0.867 bits per heavy atom. The van der Waals surface area contributed by atoms with Crippen LogP contribution in [0.25, 0.3) is 0 Å². The molecule has 4 bridgehead atoms. The molecule has 4 aliphatic rings. The first-order chi connectivity index (χ1) is 14.1. The Kier molecular flexibility index (Phi) is 5.48. The predicted octanol–water partition coefficient (Wildman–Crippen LogP) is 5.11. The molecule has 0 saturated heterocycles. The van der Waals surface area contributed by atoms with E-state index in [1.807, 2.05) is 27.7 Å². The summed E-state index contributed by atoms with van der Waals surface area (Å²) in [6.45, 7) is 12.0. The molecular weight excluding hydrogens is 374 g/mol. The van der Waals surface area contributed by atoms with Crippen LogP contribution >= 0.6 is 0 Å². The third-order valence-electron chi connectivity index (χ3n) is 8.92. The highest BCUT2D eigenvalue weighted by atomic mass is 16.5. The molecule has 0 unspecified atom stereocenters. The Morgan fingerprint density at radius 3 is 1.77 bits per heavy atom. The molecule has 0 aliphatic heterocycles. The van der Waals surface area contributed by atoms with Crippen molar-refractivity contribution in [3.8, 4) is 0 Å². The van der Waals surface area contributed by atoms with Gasteiger partial charge in [-0.3, -0.25) is 4.79 Å². The van der Waals surface area contributed by atoms with Gasteiger partial charge in [-0.1, -0.05) is 0 Å². The van der Waals surface area contributed by atoms with Gasteiger partial charge in [-0.15, -0.1) is 0 Å². The van der Waals surface area contributed by atoms with Crippen LogP contribution in [0.1, 0.15) is 83.6 Å². The first-order valence-electron chi connectivity index (χ1n) is 11.6. The van der Waals surface area contributed by atoms with Gasteiger partial charge >= 0.3 is 5.97 Å². The van der Waals surface area contributed by atoms with Crippen molar-refractivity contribution < 1.29 is 14.3 Å². The lowest BCUT2D eigenvalue weighted by Gasteiger charge is -2.59. The van der Waals surface area contributed by atoms with Crippen LogP contribution in [0.2, 0.25) is 0 Å². The summed E-state index contributed by atoms with van der Waals surface area (Å²) in [7, 11) is 0. The van der Waals surface area contributed by atoms with Gasteiger partial charge in [0, 0.05) is 6.04 Å². The first-order valence-corrected chi connectivity index (χ1v) is 11.6. The highest BCUT2D eigenvalue weighted by Gasteiger charge is 2.53. The second kappa shape index (κ2) is 7.69. The molecule has 4 heteroatoms. The van der Waals surface area contributed by atoms with E-state index in [1.54, 1.807) is 0 Å². The Labute approximate surface area is 181 Å². The predicted molar refractivity (Wildman–Crippen MR) is 119 cm³/mol. The van der Waals surface area contributed by atoms with Crippen LogP contribution in [0, 0.1) is 57.8 Å². The van der Waals surface area contributed by atoms with Crippen LogP contribution < -0.4 is 5.32 Å². The van der Waals surface area contributed by atoms with E-state index in [-0.39, 0.29) is 24.0 Å². The van der Waals surface area contributed by atoms with Crippen molar-refractivity contribution >= 4 is 11.9 Å². The zero-order chi connectivity index (χ0) is 21.8. The number of carbonyl (C=O) groups is 2. The van der Waals surface area contributed by atoms with Crippen LogP contribution in [-0.4, -0.2) is 24.5 Å². The Balaban J connectivity index is 1.38. The van der Waals surface area contributed by atoms with Crippen LogP contribution in [0.3, 0.4) is 0 Å². The van der Waals surface area contributed by atoms with Crippen molar-refractivity contribution in [2.45, 2.75) is 86.1 Å². The van der Waals surface area contributed by atoms with E-state index in [2.05, 4.69) is 19.2 Å². The van der Waals surface area contributed by atoms with E-state index in [1.165, 1.54) is 44.1 Å². The molecule has 0 heterocycles. The SMILES string of the molecule is Cc1c(C)c(C)c(C(=O)OCC(=O)N[C@H](C)C23CC4CC(CC(C4)C2)C3)c(C)c1C. The van der Waals surface area contributed by atoms with Gasteiger partial charge < -0.3 is 10.1 Å². The van der Waals surface area contributed by atoms with Crippen molar-refractivity contribution in [1.82, 2.24) is 5.32 Å². The Hall–Kier alpha value is -1.84. The van der Waals surface area contributed by atoms with E-state index >= 15 is 0 Å². The maximum atomic E-state index is 12.8. The highest BCUT2D eigenvalue weighted by Crippen LogP contribution is 2.61. The fourth-order valence-corrected chi connectivity index (χ4v) is 7.15. The van der Waals surface area contributed by atoms with E-state index in [4.69, 9.17) is 4.74 Å². The van der Waals surface area contributed by atoms with Crippen molar-refractivity contribution in [2.24, 2.45) is 23.2 Å². The fraction of sp³-hybridized carbons (Fsp3) is 0.692. The molecule has 4 aliphatic carbocycles. The van der Waals surface area contributed by atoms with Crippen molar-refractivity contribution in [1.29, 1.82) is 0 Å². The summed E-state index contributed by atoms with van der Waals surface area (Å²) in [5.41, 5.74) is 6.20. The van der Waals surface area contributed by atoms with Gasteiger partial charge in [-0.2, -0.15) is 0 Å². The maximum Gasteiger partial charge on any atom is 0.339 e. The van der Waals surface area contributed by atoms with Crippen molar-refractivity contribution in [3.63, 3.8) is 0 Å². The van der Waals surface area contributed by atoms with Crippen molar-refractivity contribution in [3.05, 3.63) is 33.4 Å². The van der Waals surface area contributed by atoms with E-state index in [0.717, 1.165) is 40.0 Å². The summed E-state index contributed by atoms with van der Waals surface area (Å²) in [6, 6.07) is 0.143. The number of hydrogen-bond acceptors (Lipinski definition) is 3. The third-order valence-corrected chi connectivity index (χ3v) is 8.92. The van der Waals surface area contributed by atoms with Crippen LogP contribution in [0.15, 0.2) is 0 Å². The summed E-state index contributed by atoms with van der Waals surface area (Å²) in [5, 5.41) is 3.19. The molecule has 4 fully saturated rings. The van der Waals surface area contributed by atoms with Gasteiger partial charge in [-0.05, 0) is 131 Å². The number of nitrogens with one attached hydrogen (secondary N) is 1. The molecule has 1 aromatic rings. The molecular formula is C26H37NO3. The first kappa shape index (κ1) is 21.4. The second-order valence-electron chi connectivity index (χ2n) is 10.6. The fourth-order valence-electron chi connectivity index (χ4n) is 7.15. The average Bonchev–Trinajstić information content (AvgIpc) is 2.68. The lowest BCUT2D eigenvalue weighted by Crippen LogP contribution is -2.56. The van der Waals surface area contributed by atoms with Gasteiger partial charge in [0.1, 0.15) is 0 Å². The molecule has 1 atom stereocenters. The number of benzene rings is 1. The maximum absolute atomic E-state index is 12.8. The minimum absolute atomic E-state index is 0.143. The summed E-state index contributed by atoms with van der Waals surface area (Å²) in [5.74, 6) is 1.99. The minimum Gasteiger partial charge on any atom is -0.452 e. The van der Waals surface area contributed by atoms with Crippen LogP contribution in [0.5, 0.6) is 0 Å². The third kappa shape index (κ3) is 3.56. The van der Waals surface area contributed by atoms with Gasteiger partial charge in [0.05, 0.1) is 5.56 Å². The number of carbonyl (C=O) groups excluding carboxylic acids is 2. The second-order valence-corrected chi connectivity index (χ2v) is 10.6.